The minimum absolute atomic E-state index is 0.293. The van der Waals surface area contributed by atoms with Crippen LogP contribution in [0, 0.1) is 0 Å². The maximum atomic E-state index is 8.69. The molecule has 1 heterocycles. The van der Waals surface area contributed by atoms with Gasteiger partial charge in [-0.15, -0.1) is 0 Å². The number of hydrogen-bond acceptors (Lipinski definition) is 4. The molecule has 0 aliphatic carbocycles. The van der Waals surface area contributed by atoms with Gasteiger partial charge in [-0.1, -0.05) is 21.6 Å². The minimum Gasteiger partial charge on any atom is -0.378 e. The van der Waals surface area contributed by atoms with Gasteiger partial charge in [0.1, 0.15) is 10.4 Å². The number of rotatable bonds is 0. The van der Waals surface area contributed by atoms with Gasteiger partial charge < -0.3 is 10.2 Å². The molecule has 1 fully saturated rings. The highest BCUT2D eigenvalue weighted by molar-refractivity contribution is 8.80. The van der Waals surface area contributed by atoms with E-state index in [0.717, 1.165) is 0 Å². The number of aliphatic hydroxyl groups is 2. The third-order valence-corrected chi connectivity index (χ3v) is 5.54. The van der Waals surface area contributed by atoms with E-state index in [0.29, 0.717) is 8.58 Å². The van der Waals surface area contributed by atoms with Crippen molar-refractivity contribution in [3.8, 4) is 0 Å². The topological polar surface area (TPSA) is 40.5 Å². The summed E-state index contributed by atoms with van der Waals surface area (Å²) in [5.41, 5.74) is 0. The molecule has 0 saturated carbocycles. The highest BCUT2D eigenvalue weighted by Crippen LogP contribution is 2.52. The van der Waals surface area contributed by atoms with Crippen molar-refractivity contribution in [2.75, 3.05) is 0 Å². The van der Waals surface area contributed by atoms with Crippen LogP contribution in [0.15, 0.2) is 0 Å². The van der Waals surface area contributed by atoms with Crippen LogP contribution in [0.2, 0.25) is 0 Å². The second-order valence-corrected chi connectivity index (χ2v) is 5.76. The molecule has 1 aliphatic heterocycles. The summed E-state index contributed by atoms with van der Waals surface area (Å²) >= 11 is 0. The van der Waals surface area contributed by atoms with Gasteiger partial charge >= 0.3 is 0 Å². The van der Waals surface area contributed by atoms with Crippen LogP contribution in [0.1, 0.15) is 0 Å². The molecule has 0 aromatic carbocycles. The zero-order valence-electron chi connectivity index (χ0n) is 3.37. The van der Waals surface area contributed by atoms with E-state index < -0.39 is 0 Å². The van der Waals surface area contributed by atoms with Crippen molar-refractivity contribution < 1.29 is 10.2 Å². The zero-order valence-corrected chi connectivity index (χ0v) is 6.00. The van der Waals surface area contributed by atoms with E-state index in [4.69, 9.17) is 10.2 Å². The minimum atomic E-state index is -0.319. The molecule has 2 nitrogen and oxygen atoms in total. The Morgan fingerprint density at radius 3 is 1.71 bits per heavy atom. The van der Waals surface area contributed by atoms with Gasteiger partial charge in [0, 0.05) is 0 Å². The van der Waals surface area contributed by atoms with Crippen LogP contribution < -0.4 is 0 Å². The predicted octanol–water partition coefficient (Wildman–Crippen LogP) is 0.612. The van der Waals surface area contributed by atoms with Crippen molar-refractivity contribution in [2.24, 2.45) is 0 Å². The largest absolute Gasteiger partial charge is 0.378 e. The quantitative estimate of drug-likeness (QED) is 0.398. The van der Waals surface area contributed by atoms with Gasteiger partial charge in [0.25, 0.3) is 0 Å². The van der Waals surface area contributed by atoms with E-state index >= 15 is 0 Å². The summed E-state index contributed by atoms with van der Waals surface area (Å²) in [6.45, 7) is 0. The van der Waals surface area contributed by atoms with Gasteiger partial charge in [-0.2, -0.15) is 0 Å². The van der Waals surface area contributed by atoms with Crippen molar-refractivity contribution in [2.45, 2.75) is 10.4 Å². The Balaban J connectivity index is 2.26. The van der Waals surface area contributed by atoms with Crippen LogP contribution >= 0.6 is 30.2 Å². The Morgan fingerprint density at radius 1 is 1.14 bits per heavy atom. The lowest BCUT2D eigenvalue weighted by Crippen LogP contribution is -1.86. The molecular formula is C2H5O2PS2. The summed E-state index contributed by atoms with van der Waals surface area (Å²) in [5, 5.41) is 16.7. The molecule has 1 aliphatic rings. The average Bonchev–Trinajstić information content (AvgIpc) is 1.87. The summed E-state index contributed by atoms with van der Waals surface area (Å²) in [6, 6.07) is 0. The van der Waals surface area contributed by atoms with E-state index in [1.54, 1.807) is 0 Å². The average molecular weight is 156 g/mol. The molecule has 1 saturated heterocycles. The lowest BCUT2D eigenvalue weighted by Gasteiger charge is -1.92. The Morgan fingerprint density at radius 2 is 1.57 bits per heavy atom. The number of aliphatic hydroxyl groups excluding tert-OH is 2. The van der Waals surface area contributed by atoms with Crippen molar-refractivity contribution in [3.05, 3.63) is 0 Å². The van der Waals surface area contributed by atoms with Gasteiger partial charge in [0.15, 0.2) is 0 Å². The Hall–Kier alpha value is 1.05. The van der Waals surface area contributed by atoms with Crippen molar-refractivity contribution in [3.63, 3.8) is 0 Å². The maximum Gasteiger partial charge on any atom is 0.129 e. The highest BCUT2D eigenvalue weighted by atomic mass is 33.1. The molecule has 42 valence electrons. The van der Waals surface area contributed by atoms with Gasteiger partial charge in [-0.3, -0.25) is 0 Å². The lowest BCUT2D eigenvalue weighted by atomic mass is 11.6. The molecule has 0 spiro atoms. The molecule has 2 unspecified atom stereocenters. The second kappa shape index (κ2) is 2.55. The lowest BCUT2D eigenvalue weighted by molar-refractivity contribution is 0.321. The summed E-state index contributed by atoms with van der Waals surface area (Å²) in [5.74, 6) is 0. The third kappa shape index (κ3) is 1.78. The van der Waals surface area contributed by atoms with Gasteiger partial charge in [0.2, 0.25) is 0 Å². The van der Waals surface area contributed by atoms with Crippen LogP contribution in [-0.2, 0) is 0 Å². The first-order valence-corrected chi connectivity index (χ1v) is 5.16. The van der Waals surface area contributed by atoms with Crippen LogP contribution in [0.5, 0.6) is 0 Å². The first kappa shape index (κ1) is 6.17. The Kier molecular flexibility index (Phi) is 2.25. The molecule has 0 aromatic heterocycles. The van der Waals surface area contributed by atoms with Crippen LogP contribution in [0.3, 0.4) is 0 Å². The molecule has 0 radical (unpaired) electrons. The fraction of sp³-hybridized carbons (Fsp3) is 1.00. The van der Waals surface area contributed by atoms with Crippen LogP contribution in [-0.4, -0.2) is 20.6 Å². The molecular weight excluding hydrogens is 151 g/mol. The van der Waals surface area contributed by atoms with Crippen molar-refractivity contribution in [1.29, 1.82) is 0 Å². The van der Waals surface area contributed by atoms with E-state index in [-0.39, 0.29) is 10.4 Å². The number of hydrogen-bond donors (Lipinski definition) is 2. The van der Waals surface area contributed by atoms with Crippen molar-refractivity contribution >= 4 is 30.2 Å². The van der Waals surface area contributed by atoms with Crippen LogP contribution in [0.25, 0.3) is 0 Å². The highest BCUT2D eigenvalue weighted by Gasteiger charge is 2.21. The summed E-state index contributed by atoms with van der Waals surface area (Å²) in [6.07, 6.45) is 0. The van der Waals surface area contributed by atoms with Gasteiger partial charge in [-0.05, 0) is 8.58 Å². The van der Waals surface area contributed by atoms with Crippen LogP contribution in [0.4, 0.5) is 0 Å². The fourth-order valence-electron chi connectivity index (χ4n) is 0.283. The van der Waals surface area contributed by atoms with Gasteiger partial charge in [-0.25, -0.2) is 0 Å². The van der Waals surface area contributed by atoms with Crippen molar-refractivity contribution in [1.82, 2.24) is 0 Å². The van der Waals surface area contributed by atoms with E-state index in [2.05, 4.69) is 0 Å². The van der Waals surface area contributed by atoms with E-state index in [1.165, 1.54) is 21.6 Å². The standard InChI is InChI=1S/C2H5O2PS2/c3-1-5-2(4)7-6-1/h1-5H. The molecule has 7 heavy (non-hydrogen) atoms. The zero-order chi connectivity index (χ0) is 5.28. The summed E-state index contributed by atoms with van der Waals surface area (Å²) < 4.78 is 0. The molecule has 1 rings (SSSR count). The molecule has 5 heteroatoms. The first-order valence-electron chi connectivity index (χ1n) is 1.73. The first-order chi connectivity index (χ1) is 3.29. The molecule has 0 aromatic rings. The fourth-order valence-corrected chi connectivity index (χ4v) is 4.84. The SMILES string of the molecule is OC1PC(O)SS1. The van der Waals surface area contributed by atoms with E-state index in [1.807, 2.05) is 0 Å². The van der Waals surface area contributed by atoms with Gasteiger partial charge in [0.05, 0.1) is 0 Å². The third-order valence-electron chi connectivity index (χ3n) is 0.523. The molecule has 2 atom stereocenters. The second-order valence-electron chi connectivity index (χ2n) is 1.06. The smallest absolute Gasteiger partial charge is 0.129 e. The predicted molar refractivity (Wildman–Crippen MR) is 35.5 cm³/mol. The molecule has 2 N–H and O–H groups in total. The Bertz CT molecular complexity index is 62.7. The maximum absolute atomic E-state index is 8.69. The Labute approximate surface area is 51.2 Å². The molecule has 0 bridgehead atoms. The summed E-state index contributed by atoms with van der Waals surface area (Å²) in [7, 11) is 2.97. The molecule has 0 amide bonds. The summed E-state index contributed by atoms with van der Waals surface area (Å²) in [4.78, 5) is 0. The van der Waals surface area contributed by atoms with E-state index in [9.17, 15) is 0 Å². The normalized spacial score (nSPS) is 45.4. The monoisotopic (exact) mass is 156 g/mol.